The second-order valence-electron chi connectivity index (χ2n) is 4.33. The van der Waals surface area contributed by atoms with Crippen LogP contribution in [0.15, 0.2) is 18.2 Å². The number of aromatic nitrogens is 1. The highest BCUT2D eigenvalue weighted by molar-refractivity contribution is 6.00. The Labute approximate surface area is 123 Å². The SMILES string of the molecule is O=C(CC(O)C(=O)[O-])c1cccc(C(=O)CC(O)C(=O)[O-])n1. The van der Waals surface area contributed by atoms with Crippen molar-refractivity contribution in [2.24, 2.45) is 0 Å². The molecule has 1 aromatic heterocycles. The molecule has 1 heterocycles. The Morgan fingerprint density at radius 3 is 1.59 bits per heavy atom. The van der Waals surface area contributed by atoms with Gasteiger partial charge < -0.3 is 30.0 Å². The summed E-state index contributed by atoms with van der Waals surface area (Å²) >= 11 is 0. The minimum atomic E-state index is -2.01. The second kappa shape index (κ2) is 7.38. The number of aliphatic hydroxyl groups is 2. The summed E-state index contributed by atoms with van der Waals surface area (Å²) in [6, 6.07) is 3.65. The first-order valence-electron chi connectivity index (χ1n) is 6.03. The zero-order chi connectivity index (χ0) is 16.9. The number of carboxylic acid groups (broad SMARTS) is 2. The summed E-state index contributed by atoms with van der Waals surface area (Å²) in [6.45, 7) is 0. The van der Waals surface area contributed by atoms with Crippen molar-refractivity contribution in [3.8, 4) is 0 Å². The van der Waals surface area contributed by atoms with E-state index in [1.165, 1.54) is 18.2 Å². The summed E-state index contributed by atoms with van der Waals surface area (Å²) in [5.74, 6) is -5.33. The molecule has 9 nitrogen and oxygen atoms in total. The molecule has 1 rings (SSSR count). The van der Waals surface area contributed by atoms with Crippen molar-refractivity contribution in [3.05, 3.63) is 29.6 Å². The van der Waals surface area contributed by atoms with Gasteiger partial charge >= 0.3 is 0 Å². The Balaban J connectivity index is 2.85. The number of carboxylic acids is 2. The summed E-state index contributed by atoms with van der Waals surface area (Å²) < 4.78 is 0. The number of rotatable bonds is 8. The van der Waals surface area contributed by atoms with Crippen LogP contribution in [-0.2, 0) is 9.59 Å². The highest BCUT2D eigenvalue weighted by Crippen LogP contribution is 2.08. The zero-order valence-corrected chi connectivity index (χ0v) is 11.1. The molecule has 0 saturated heterocycles. The molecule has 2 N–H and O–H groups in total. The third-order valence-electron chi connectivity index (χ3n) is 2.62. The summed E-state index contributed by atoms with van der Waals surface area (Å²) in [4.78, 5) is 47.7. The molecule has 1 aromatic rings. The maximum Gasteiger partial charge on any atom is 0.184 e. The number of carbonyl (C=O) groups excluding carboxylic acids is 4. The topological polar surface area (TPSA) is 168 Å². The molecule has 0 aliphatic carbocycles. The van der Waals surface area contributed by atoms with Crippen molar-refractivity contribution in [1.82, 2.24) is 4.98 Å². The van der Waals surface area contributed by atoms with E-state index in [0.29, 0.717) is 0 Å². The van der Waals surface area contributed by atoms with Gasteiger partial charge in [0.1, 0.15) is 23.6 Å². The van der Waals surface area contributed by atoms with Crippen LogP contribution in [0.5, 0.6) is 0 Å². The molecular formula is C13H11NO8-2. The van der Waals surface area contributed by atoms with Crippen LogP contribution in [0.1, 0.15) is 33.8 Å². The molecule has 22 heavy (non-hydrogen) atoms. The van der Waals surface area contributed by atoms with E-state index in [0.717, 1.165) is 0 Å². The van der Waals surface area contributed by atoms with E-state index >= 15 is 0 Å². The monoisotopic (exact) mass is 309 g/mol. The van der Waals surface area contributed by atoms with E-state index in [4.69, 9.17) is 10.2 Å². The first kappa shape index (κ1) is 17.4. The van der Waals surface area contributed by atoms with E-state index in [1.807, 2.05) is 0 Å². The lowest BCUT2D eigenvalue weighted by atomic mass is 10.1. The van der Waals surface area contributed by atoms with E-state index in [-0.39, 0.29) is 11.4 Å². The van der Waals surface area contributed by atoms with Crippen LogP contribution in [0.2, 0.25) is 0 Å². The summed E-state index contributed by atoms with van der Waals surface area (Å²) in [7, 11) is 0. The summed E-state index contributed by atoms with van der Waals surface area (Å²) in [5.41, 5.74) is -0.567. The van der Waals surface area contributed by atoms with Gasteiger partial charge in [-0.2, -0.15) is 0 Å². The minimum absolute atomic E-state index is 0.283. The fourth-order valence-corrected chi connectivity index (χ4v) is 1.47. The molecule has 118 valence electrons. The number of hydrogen-bond acceptors (Lipinski definition) is 9. The average molecular weight is 309 g/mol. The van der Waals surface area contributed by atoms with Gasteiger partial charge in [0.25, 0.3) is 0 Å². The van der Waals surface area contributed by atoms with E-state index in [9.17, 15) is 29.4 Å². The average Bonchev–Trinajstić information content (AvgIpc) is 2.46. The van der Waals surface area contributed by atoms with Crippen LogP contribution >= 0.6 is 0 Å². The predicted octanol–water partition coefficient (Wildman–Crippen LogP) is -3.55. The van der Waals surface area contributed by atoms with Crippen molar-refractivity contribution in [3.63, 3.8) is 0 Å². The lowest BCUT2D eigenvalue weighted by Crippen LogP contribution is -2.37. The Morgan fingerprint density at radius 1 is 0.909 bits per heavy atom. The number of pyridine rings is 1. The lowest BCUT2D eigenvalue weighted by Gasteiger charge is -2.11. The number of aliphatic carboxylic acids is 2. The van der Waals surface area contributed by atoms with Crippen LogP contribution in [-0.4, -0.2) is 50.9 Å². The van der Waals surface area contributed by atoms with Crippen LogP contribution in [0, 0.1) is 0 Å². The third kappa shape index (κ3) is 4.72. The fraction of sp³-hybridized carbons (Fsp3) is 0.308. The van der Waals surface area contributed by atoms with Crippen molar-refractivity contribution in [2.75, 3.05) is 0 Å². The molecule has 0 aliphatic rings. The van der Waals surface area contributed by atoms with Crippen LogP contribution in [0.25, 0.3) is 0 Å². The molecule has 0 saturated carbocycles. The molecule has 0 aliphatic heterocycles. The molecule has 2 unspecified atom stereocenters. The van der Waals surface area contributed by atoms with Crippen molar-refractivity contribution in [2.45, 2.75) is 25.0 Å². The summed E-state index contributed by atoms with van der Waals surface area (Å²) in [5, 5.41) is 38.8. The highest BCUT2D eigenvalue weighted by Gasteiger charge is 2.18. The first-order chi connectivity index (χ1) is 10.2. The van der Waals surface area contributed by atoms with E-state index in [2.05, 4.69) is 4.98 Å². The normalized spacial score (nSPS) is 13.2. The van der Waals surface area contributed by atoms with Gasteiger partial charge in [-0.25, -0.2) is 4.98 Å². The smallest absolute Gasteiger partial charge is 0.184 e. The molecule has 0 radical (unpaired) electrons. The maximum absolute atomic E-state index is 11.7. The second-order valence-corrected chi connectivity index (χ2v) is 4.33. The van der Waals surface area contributed by atoms with Gasteiger partial charge in [0, 0.05) is 12.8 Å². The number of carbonyl (C=O) groups is 4. The van der Waals surface area contributed by atoms with Gasteiger partial charge in [-0.3, -0.25) is 9.59 Å². The van der Waals surface area contributed by atoms with Crippen LogP contribution in [0.3, 0.4) is 0 Å². The van der Waals surface area contributed by atoms with E-state index < -0.39 is 48.6 Å². The molecule has 0 fully saturated rings. The molecule has 0 bridgehead atoms. The summed E-state index contributed by atoms with van der Waals surface area (Å²) in [6.07, 6.45) is -5.58. The molecule has 9 heteroatoms. The molecule has 0 amide bonds. The molecule has 2 atom stereocenters. The van der Waals surface area contributed by atoms with Gasteiger partial charge in [-0.05, 0) is 12.1 Å². The number of aliphatic hydroxyl groups excluding tert-OH is 2. The van der Waals surface area contributed by atoms with Crippen molar-refractivity contribution >= 4 is 23.5 Å². The van der Waals surface area contributed by atoms with Gasteiger partial charge in [-0.1, -0.05) is 6.07 Å². The Bertz CT molecular complexity index is 563. The first-order valence-corrected chi connectivity index (χ1v) is 6.03. The van der Waals surface area contributed by atoms with Gasteiger partial charge in [0.2, 0.25) is 0 Å². The lowest BCUT2D eigenvalue weighted by molar-refractivity contribution is -0.315. The van der Waals surface area contributed by atoms with Crippen molar-refractivity contribution < 1.29 is 39.6 Å². The number of Topliss-reactive ketones (excluding diaryl/α,β-unsaturated/α-hetero) is 2. The number of nitrogens with zero attached hydrogens (tertiary/aromatic N) is 1. The Kier molecular flexibility index (Phi) is 5.84. The number of ketones is 2. The van der Waals surface area contributed by atoms with Gasteiger partial charge in [-0.15, -0.1) is 0 Å². The fourth-order valence-electron chi connectivity index (χ4n) is 1.47. The van der Waals surface area contributed by atoms with E-state index in [1.54, 1.807) is 0 Å². The van der Waals surface area contributed by atoms with Crippen LogP contribution < -0.4 is 10.2 Å². The third-order valence-corrected chi connectivity index (χ3v) is 2.62. The van der Waals surface area contributed by atoms with Crippen LogP contribution in [0.4, 0.5) is 0 Å². The molecular weight excluding hydrogens is 298 g/mol. The quantitative estimate of drug-likeness (QED) is 0.462. The van der Waals surface area contributed by atoms with Gasteiger partial charge in [0.05, 0.1) is 11.9 Å². The number of hydrogen-bond donors (Lipinski definition) is 2. The molecule has 0 spiro atoms. The standard InChI is InChI=1S/C13H13NO8/c15-8(4-10(17)12(19)20)6-2-1-3-7(14-6)9(16)5-11(18)13(21)22/h1-3,10-11,17-18H,4-5H2,(H,19,20)(H,21,22)/p-2. The Hall–Kier alpha value is -2.65. The predicted molar refractivity (Wildman–Crippen MR) is 64.2 cm³/mol. The zero-order valence-electron chi connectivity index (χ0n) is 11.1. The molecule has 0 aromatic carbocycles. The maximum atomic E-state index is 11.7. The largest absolute Gasteiger partial charge is 0.547 e. The highest BCUT2D eigenvalue weighted by atomic mass is 16.4. The van der Waals surface area contributed by atoms with Gasteiger partial charge in [0.15, 0.2) is 11.6 Å². The minimum Gasteiger partial charge on any atom is -0.547 e. The Morgan fingerprint density at radius 2 is 1.27 bits per heavy atom. The van der Waals surface area contributed by atoms with Crippen molar-refractivity contribution in [1.29, 1.82) is 0 Å².